The monoisotopic (exact) mass is 338 g/mol. The molecular weight excluding hydrogens is 312 g/mol. The third kappa shape index (κ3) is 4.78. The Kier molecular flexibility index (Phi) is 6.74. The zero-order chi connectivity index (χ0) is 17.5. The van der Waals surface area contributed by atoms with E-state index in [1.54, 1.807) is 4.90 Å². The first kappa shape index (κ1) is 18.4. The number of hydrogen-bond acceptors (Lipinski definition) is 6. The summed E-state index contributed by atoms with van der Waals surface area (Å²) < 4.78 is 5.32. The minimum atomic E-state index is -0.295. The van der Waals surface area contributed by atoms with E-state index in [0.717, 1.165) is 19.6 Å². The first-order chi connectivity index (χ1) is 11.5. The fourth-order valence-corrected chi connectivity index (χ4v) is 2.74. The lowest BCUT2D eigenvalue weighted by atomic mass is 10.3. The van der Waals surface area contributed by atoms with E-state index in [0.29, 0.717) is 32.8 Å². The molecule has 8 nitrogen and oxygen atoms in total. The Morgan fingerprint density at radius 1 is 1.08 bits per heavy atom. The summed E-state index contributed by atoms with van der Waals surface area (Å²) in [4.78, 5) is 42.2. The van der Waals surface area contributed by atoms with Gasteiger partial charge in [-0.3, -0.25) is 19.4 Å². The van der Waals surface area contributed by atoms with Gasteiger partial charge < -0.3 is 14.5 Å². The van der Waals surface area contributed by atoms with Crippen LogP contribution >= 0.6 is 0 Å². The minimum absolute atomic E-state index is 0.273. The van der Waals surface area contributed by atoms with Crippen molar-refractivity contribution in [1.29, 1.82) is 0 Å². The van der Waals surface area contributed by atoms with E-state index in [4.69, 9.17) is 4.74 Å². The summed E-state index contributed by atoms with van der Waals surface area (Å²) in [5.41, 5.74) is 0. The number of carbonyl (C=O) groups excluding carboxylic acids is 3. The maximum Gasteiger partial charge on any atom is 0.409 e. The van der Waals surface area contributed by atoms with E-state index in [1.807, 2.05) is 4.90 Å². The van der Waals surface area contributed by atoms with Crippen LogP contribution in [0, 0.1) is 0 Å². The number of piperazine rings is 1. The molecule has 0 N–H and O–H groups in total. The Balaban J connectivity index is 1.67. The third-order valence-electron chi connectivity index (χ3n) is 4.40. The Hall–Kier alpha value is -1.93. The Morgan fingerprint density at radius 2 is 1.67 bits per heavy atom. The molecule has 0 aromatic carbocycles. The van der Waals surface area contributed by atoms with Gasteiger partial charge in [0.25, 0.3) is 11.8 Å². The highest BCUT2D eigenvalue weighted by molar-refractivity contribution is 6.12. The van der Waals surface area contributed by atoms with Crippen molar-refractivity contribution >= 4 is 17.9 Å². The van der Waals surface area contributed by atoms with Gasteiger partial charge in [-0.2, -0.15) is 0 Å². The van der Waals surface area contributed by atoms with E-state index in [-0.39, 0.29) is 24.6 Å². The normalized spacial score (nSPS) is 18.8. The van der Waals surface area contributed by atoms with Crippen LogP contribution in [-0.2, 0) is 14.3 Å². The molecule has 2 aliphatic heterocycles. The number of hydrogen-bond donors (Lipinski definition) is 0. The lowest BCUT2D eigenvalue weighted by Crippen LogP contribution is -2.52. The quantitative estimate of drug-likeness (QED) is 0.607. The molecule has 0 unspecified atom stereocenters. The Morgan fingerprint density at radius 3 is 2.21 bits per heavy atom. The maximum absolute atomic E-state index is 12.0. The van der Waals surface area contributed by atoms with Gasteiger partial charge in [-0.1, -0.05) is 13.8 Å². The zero-order valence-electron chi connectivity index (χ0n) is 14.4. The number of imide groups is 1. The SMILES string of the molecule is CCN(CC)CCOC(=O)N1CCN(CN2C(=O)C=CC2=O)CC1. The summed E-state index contributed by atoms with van der Waals surface area (Å²) in [5, 5.41) is 0. The molecular formula is C16H26N4O4. The highest BCUT2D eigenvalue weighted by Gasteiger charge is 2.28. The predicted octanol–water partition coefficient (Wildman–Crippen LogP) is -0.0351. The van der Waals surface area contributed by atoms with Crippen LogP contribution in [0.2, 0.25) is 0 Å². The van der Waals surface area contributed by atoms with Gasteiger partial charge in [0.05, 0.1) is 6.67 Å². The fourth-order valence-electron chi connectivity index (χ4n) is 2.74. The molecule has 2 rings (SSSR count). The van der Waals surface area contributed by atoms with E-state index in [1.165, 1.54) is 17.1 Å². The molecule has 2 aliphatic rings. The lowest BCUT2D eigenvalue weighted by molar-refractivity contribution is -0.139. The molecule has 134 valence electrons. The van der Waals surface area contributed by atoms with Gasteiger partial charge in [-0.15, -0.1) is 0 Å². The Bertz CT molecular complexity index is 478. The smallest absolute Gasteiger partial charge is 0.409 e. The van der Waals surface area contributed by atoms with Crippen molar-refractivity contribution in [2.45, 2.75) is 13.8 Å². The van der Waals surface area contributed by atoms with Crippen molar-refractivity contribution in [3.05, 3.63) is 12.2 Å². The number of ether oxygens (including phenoxy) is 1. The van der Waals surface area contributed by atoms with Gasteiger partial charge in [-0.25, -0.2) is 4.79 Å². The molecule has 0 bridgehead atoms. The zero-order valence-corrected chi connectivity index (χ0v) is 14.4. The van der Waals surface area contributed by atoms with Crippen molar-refractivity contribution in [2.24, 2.45) is 0 Å². The molecule has 0 aliphatic carbocycles. The lowest BCUT2D eigenvalue weighted by Gasteiger charge is -2.35. The highest BCUT2D eigenvalue weighted by atomic mass is 16.6. The predicted molar refractivity (Wildman–Crippen MR) is 88.1 cm³/mol. The molecule has 0 saturated carbocycles. The van der Waals surface area contributed by atoms with E-state index < -0.39 is 0 Å². The van der Waals surface area contributed by atoms with Crippen LogP contribution in [0.15, 0.2) is 12.2 Å². The molecule has 0 spiro atoms. The number of rotatable bonds is 7. The standard InChI is InChI=1S/C16H26N4O4/c1-3-17(4-2)11-12-24-16(23)19-9-7-18(8-10-19)13-20-14(21)5-6-15(20)22/h5-6H,3-4,7-13H2,1-2H3. The van der Waals surface area contributed by atoms with Gasteiger partial charge in [-0.05, 0) is 13.1 Å². The fraction of sp³-hybridized carbons (Fsp3) is 0.688. The second-order valence-corrected chi connectivity index (χ2v) is 5.83. The second-order valence-electron chi connectivity index (χ2n) is 5.83. The van der Waals surface area contributed by atoms with Gasteiger partial charge in [0.2, 0.25) is 0 Å². The van der Waals surface area contributed by atoms with Gasteiger partial charge in [0, 0.05) is 44.9 Å². The van der Waals surface area contributed by atoms with Crippen LogP contribution in [0.5, 0.6) is 0 Å². The largest absolute Gasteiger partial charge is 0.448 e. The van der Waals surface area contributed by atoms with Crippen LogP contribution in [0.4, 0.5) is 4.79 Å². The number of nitrogens with zero attached hydrogens (tertiary/aromatic N) is 4. The molecule has 0 radical (unpaired) electrons. The van der Waals surface area contributed by atoms with Gasteiger partial charge in [0.1, 0.15) is 6.61 Å². The topological polar surface area (TPSA) is 73.4 Å². The number of likely N-dealkylation sites (N-methyl/N-ethyl adjacent to an activating group) is 1. The summed E-state index contributed by atoms with van der Waals surface area (Å²) in [7, 11) is 0. The maximum atomic E-state index is 12.0. The molecule has 24 heavy (non-hydrogen) atoms. The highest BCUT2D eigenvalue weighted by Crippen LogP contribution is 2.09. The molecule has 0 aromatic heterocycles. The van der Waals surface area contributed by atoms with Gasteiger partial charge >= 0.3 is 6.09 Å². The molecule has 2 heterocycles. The van der Waals surface area contributed by atoms with Gasteiger partial charge in [0.15, 0.2) is 0 Å². The van der Waals surface area contributed by atoms with E-state index in [2.05, 4.69) is 18.7 Å². The number of carbonyl (C=O) groups is 3. The average Bonchev–Trinajstić information content (AvgIpc) is 2.91. The molecule has 1 fully saturated rings. The van der Waals surface area contributed by atoms with Crippen molar-refractivity contribution in [2.75, 3.05) is 59.1 Å². The molecule has 0 atom stereocenters. The van der Waals surface area contributed by atoms with E-state index >= 15 is 0 Å². The molecule has 1 saturated heterocycles. The van der Waals surface area contributed by atoms with Crippen molar-refractivity contribution in [3.8, 4) is 0 Å². The number of amides is 3. The molecule has 3 amide bonds. The third-order valence-corrected chi connectivity index (χ3v) is 4.40. The second kappa shape index (κ2) is 8.79. The first-order valence-electron chi connectivity index (χ1n) is 8.45. The van der Waals surface area contributed by atoms with Crippen LogP contribution in [0.25, 0.3) is 0 Å². The molecule has 0 aromatic rings. The van der Waals surface area contributed by atoms with Crippen molar-refractivity contribution in [3.63, 3.8) is 0 Å². The van der Waals surface area contributed by atoms with Crippen LogP contribution in [-0.4, -0.2) is 96.6 Å². The minimum Gasteiger partial charge on any atom is -0.448 e. The van der Waals surface area contributed by atoms with Crippen LogP contribution < -0.4 is 0 Å². The average molecular weight is 338 g/mol. The summed E-state index contributed by atoms with van der Waals surface area (Å²) in [6.45, 7) is 9.74. The summed E-state index contributed by atoms with van der Waals surface area (Å²) in [6, 6.07) is 0. The van der Waals surface area contributed by atoms with Crippen LogP contribution in [0.3, 0.4) is 0 Å². The summed E-state index contributed by atoms with van der Waals surface area (Å²) in [5.74, 6) is -0.559. The Labute approximate surface area is 142 Å². The van der Waals surface area contributed by atoms with Crippen molar-refractivity contribution < 1.29 is 19.1 Å². The molecule has 8 heteroatoms. The van der Waals surface area contributed by atoms with E-state index in [9.17, 15) is 14.4 Å². The van der Waals surface area contributed by atoms with Crippen LogP contribution in [0.1, 0.15) is 13.8 Å². The first-order valence-corrected chi connectivity index (χ1v) is 8.45. The van der Waals surface area contributed by atoms with Crippen molar-refractivity contribution in [1.82, 2.24) is 19.6 Å². The summed E-state index contributed by atoms with van der Waals surface area (Å²) >= 11 is 0. The summed E-state index contributed by atoms with van der Waals surface area (Å²) in [6.07, 6.45) is 2.27.